The molecular weight excluding hydrogens is 336 g/mol. The lowest BCUT2D eigenvalue weighted by atomic mass is 10.00. The molecule has 5 heteroatoms. The molecule has 0 fully saturated rings. The molecule has 2 heterocycles. The molecule has 0 spiro atoms. The van der Waals surface area contributed by atoms with E-state index in [9.17, 15) is 4.79 Å². The zero-order chi connectivity index (χ0) is 19.7. The van der Waals surface area contributed by atoms with Crippen LogP contribution in [0.2, 0.25) is 0 Å². The van der Waals surface area contributed by atoms with Crippen LogP contribution in [0.25, 0.3) is 5.65 Å². The SMILES string of the molecule is CCc1cccc(C)c1CNc1cc(C(=O)N(C)C)cn2c(C)c(C)nc12. The first-order valence-electron chi connectivity index (χ1n) is 9.35. The van der Waals surface area contributed by atoms with Crippen LogP contribution in [0.15, 0.2) is 30.5 Å². The molecule has 0 saturated heterocycles. The lowest BCUT2D eigenvalue weighted by Gasteiger charge is -2.16. The average molecular weight is 364 g/mol. The van der Waals surface area contributed by atoms with Crippen LogP contribution in [0.3, 0.4) is 0 Å². The van der Waals surface area contributed by atoms with Crippen molar-refractivity contribution in [2.75, 3.05) is 19.4 Å². The molecule has 2 aromatic heterocycles. The maximum Gasteiger partial charge on any atom is 0.254 e. The van der Waals surface area contributed by atoms with Gasteiger partial charge < -0.3 is 14.6 Å². The summed E-state index contributed by atoms with van der Waals surface area (Å²) in [6.07, 6.45) is 2.87. The van der Waals surface area contributed by atoms with Crippen molar-refractivity contribution in [2.24, 2.45) is 0 Å². The summed E-state index contributed by atoms with van der Waals surface area (Å²) in [5.74, 6) is -0.0177. The molecule has 0 aliphatic rings. The van der Waals surface area contributed by atoms with E-state index in [4.69, 9.17) is 4.98 Å². The molecule has 3 rings (SSSR count). The fourth-order valence-electron chi connectivity index (χ4n) is 3.41. The van der Waals surface area contributed by atoms with Crippen LogP contribution in [0.5, 0.6) is 0 Å². The van der Waals surface area contributed by atoms with Crippen molar-refractivity contribution < 1.29 is 4.79 Å². The highest BCUT2D eigenvalue weighted by Crippen LogP contribution is 2.24. The van der Waals surface area contributed by atoms with Gasteiger partial charge in [0.05, 0.1) is 16.9 Å². The monoisotopic (exact) mass is 364 g/mol. The number of nitrogens with one attached hydrogen (secondary N) is 1. The van der Waals surface area contributed by atoms with Crippen LogP contribution in [0.1, 0.15) is 45.4 Å². The highest BCUT2D eigenvalue weighted by molar-refractivity contribution is 5.95. The third-order valence-electron chi connectivity index (χ3n) is 5.19. The van der Waals surface area contributed by atoms with Gasteiger partial charge in [0.2, 0.25) is 0 Å². The highest BCUT2D eigenvalue weighted by atomic mass is 16.2. The predicted octanol–water partition coefficient (Wildman–Crippen LogP) is 4.14. The van der Waals surface area contributed by atoms with E-state index >= 15 is 0 Å². The molecule has 0 saturated carbocycles. The van der Waals surface area contributed by atoms with Crippen LogP contribution in [-0.2, 0) is 13.0 Å². The minimum absolute atomic E-state index is 0.0177. The Balaban J connectivity index is 2.05. The number of rotatable bonds is 5. The van der Waals surface area contributed by atoms with Gasteiger partial charge in [-0.05, 0) is 49.9 Å². The number of aromatic nitrogens is 2. The number of hydrogen-bond acceptors (Lipinski definition) is 3. The van der Waals surface area contributed by atoms with E-state index in [0.29, 0.717) is 12.1 Å². The minimum Gasteiger partial charge on any atom is -0.378 e. The quantitative estimate of drug-likeness (QED) is 0.740. The van der Waals surface area contributed by atoms with E-state index in [-0.39, 0.29) is 5.91 Å². The molecule has 0 bridgehead atoms. The third-order valence-corrected chi connectivity index (χ3v) is 5.19. The van der Waals surface area contributed by atoms with Gasteiger partial charge in [0.15, 0.2) is 5.65 Å². The first kappa shape index (κ1) is 19.0. The summed E-state index contributed by atoms with van der Waals surface area (Å²) in [4.78, 5) is 18.9. The maximum atomic E-state index is 12.6. The third kappa shape index (κ3) is 3.54. The first-order valence-corrected chi connectivity index (χ1v) is 9.35. The lowest BCUT2D eigenvalue weighted by molar-refractivity contribution is 0.0827. The lowest BCUT2D eigenvalue weighted by Crippen LogP contribution is -2.22. The zero-order valence-electron chi connectivity index (χ0n) is 17.1. The van der Waals surface area contributed by atoms with Crippen molar-refractivity contribution >= 4 is 17.2 Å². The second-order valence-electron chi connectivity index (χ2n) is 7.24. The molecule has 0 atom stereocenters. The number of carbonyl (C=O) groups excluding carboxylic acids is 1. The van der Waals surface area contributed by atoms with E-state index in [2.05, 4.69) is 37.4 Å². The van der Waals surface area contributed by atoms with Gasteiger partial charge in [0.1, 0.15) is 0 Å². The van der Waals surface area contributed by atoms with Gasteiger partial charge in [-0.15, -0.1) is 0 Å². The predicted molar refractivity (Wildman–Crippen MR) is 111 cm³/mol. The van der Waals surface area contributed by atoms with Crippen LogP contribution in [0, 0.1) is 20.8 Å². The van der Waals surface area contributed by atoms with E-state index in [1.54, 1.807) is 19.0 Å². The van der Waals surface area contributed by atoms with Crippen LogP contribution in [-0.4, -0.2) is 34.3 Å². The number of pyridine rings is 1. The Bertz CT molecular complexity index is 1000. The maximum absolute atomic E-state index is 12.6. The van der Waals surface area contributed by atoms with Gasteiger partial charge in [-0.25, -0.2) is 4.98 Å². The van der Waals surface area contributed by atoms with Crippen molar-refractivity contribution in [3.05, 3.63) is 64.1 Å². The van der Waals surface area contributed by atoms with Crippen molar-refractivity contribution in [3.8, 4) is 0 Å². The smallest absolute Gasteiger partial charge is 0.254 e. The van der Waals surface area contributed by atoms with Gasteiger partial charge in [-0.1, -0.05) is 25.1 Å². The van der Waals surface area contributed by atoms with Gasteiger partial charge in [-0.3, -0.25) is 4.79 Å². The molecule has 142 valence electrons. The Hall–Kier alpha value is -2.82. The summed E-state index contributed by atoms with van der Waals surface area (Å²) in [5.41, 5.74) is 8.32. The summed E-state index contributed by atoms with van der Waals surface area (Å²) in [5, 5.41) is 3.54. The number of nitrogens with zero attached hydrogens (tertiary/aromatic N) is 3. The van der Waals surface area contributed by atoms with Crippen LogP contribution in [0.4, 0.5) is 5.69 Å². The standard InChI is InChI=1S/C22H28N4O/c1-7-17-10-8-9-14(2)19(17)12-23-20-11-18(22(27)25(5)6)13-26-16(4)15(3)24-21(20)26/h8-11,13,23H,7,12H2,1-6H3. The van der Waals surface area contributed by atoms with Crippen molar-refractivity contribution in [3.63, 3.8) is 0 Å². The topological polar surface area (TPSA) is 49.6 Å². The van der Waals surface area contributed by atoms with Gasteiger partial charge in [-0.2, -0.15) is 0 Å². The fraction of sp³-hybridized carbons (Fsp3) is 0.364. The molecule has 0 radical (unpaired) electrons. The molecule has 3 aromatic rings. The minimum atomic E-state index is -0.0177. The summed E-state index contributed by atoms with van der Waals surface area (Å²) in [6.45, 7) is 9.04. The second kappa shape index (κ2) is 7.43. The number of hydrogen-bond donors (Lipinski definition) is 1. The highest BCUT2D eigenvalue weighted by Gasteiger charge is 2.16. The van der Waals surface area contributed by atoms with E-state index < -0.39 is 0 Å². The molecule has 0 unspecified atom stereocenters. The Morgan fingerprint density at radius 3 is 2.63 bits per heavy atom. The molecule has 27 heavy (non-hydrogen) atoms. The molecule has 1 N–H and O–H groups in total. The molecule has 0 aliphatic heterocycles. The van der Waals surface area contributed by atoms with Crippen LogP contribution < -0.4 is 5.32 Å². The van der Waals surface area contributed by atoms with Crippen molar-refractivity contribution in [1.29, 1.82) is 0 Å². The average Bonchev–Trinajstić information content (AvgIpc) is 2.94. The van der Waals surface area contributed by atoms with E-state index in [1.165, 1.54) is 16.7 Å². The number of fused-ring (bicyclic) bond motifs is 1. The van der Waals surface area contributed by atoms with Gasteiger partial charge in [0, 0.05) is 32.5 Å². The van der Waals surface area contributed by atoms with Gasteiger partial charge >= 0.3 is 0 Å². The Labute approximate surface area is 161 Å². The zero-order valence-corrected chi connectivity index (χ0v) is 17.1. The Kier molecular flexibility index (Phi) is 5.22. The number of benzene rings is 1. The van der Waals surface area contributed by atoms with Gasteiger partial charge in [0.25, 0.3) is 5.91 Å². The number of amides is 1. The Morgan fingerprint density at radius 2 is 1.96 bits per heavy atom. The van der Waals surface area contributed by atoms with Crippen molar-refractivity contribution in [2.45, 2.75) is 40.7 Å². The summed E-state index contributed by atoms with van der Waals surface area (Å²) >= 11 is 0. The largest absolute Gasteiger partial charge is 0.378 e. The second-order valence-corrected chi connectivity index (χ2v) is 7.24. The summed E-state index contributed by atoms with van der Waals surface area (Å²) < 4.78 is 2.01. The van der Waals surface area contributed by atoms with Crippen LogP contribution >= 0.6 is 0 Å². The number of aryl methyl sites for hydroxylation is 4. The van der Waals surface area contributed by atoms with Crippen molar-refractivity contribution in [1.82, 2.24) is 14.3 Å². The molecular formula is C22H28N4O. The first-order chi connectivity index (χ1) is 12.8. The molecule has 0 aliphatic carbocycles. The normalized spacial score (nSPS) is 11.0. The molecule has 1 aromatic carbocycles. The number of carbonyl (C=O) groups is 1. The molecule has 5 nitrogen and oxygen atoms in total. The Morgan fingerprint density at radius 1 is 1.22 bits per heavy atom. The molecule has 1 amide bonds. The number of imidazole rings is 1. The number of anilines is 1. The summed E-state index contributed by atoms with van der Waals surface area (Å²) in [6, 6.07) is 8.33. The van der Waals surface area contributed by atoms with E-state index in [1.807, 2.05) is 30.5 Å². The summed E-state index contributed by atoms with van der Waals surface area (Å²) in [7, 11) is 3.54. The fourth-order valence-corrected chi connectivity index (χ4v) is 3.41. The van der Waals surface area contributed by atoms with E-state index in [0.717, 1.165) is 29.1 Å².